The Hall–Kier alpha value is -2.11. The van der Waals surface area contributed by atoms with Crippen molar-refractivity contribution in [2.75, 3.05) is 12.8 Å². The molecule has 1 aromatic carbocycles. The smallest absolute Gasteiger partial charge is 0.270 e. The number of nitro groups is 1. The first kappa shape index (κ1) is 14.9. The molecule has 19 heavy (non-hydrogen) atoms. The molecule has 0 fully saturated rings. The third-order valence-electron chi connectivity index (χ3n) is 3.29. The number of nitrogen functional groups attached to an aromatic ring is 1. The molecular formula is C13H19N3O3. The highest BCUT2D eigenvalue weighted by Crippen LogP contribution is 2.22. The van der Waals surface area contributed by atoms with Gasteiger partial charge in [-0.25, -0.2) is 0 Å². The van der Waals surface area contributed by atoms with Gasteiger partial charge in [-0.2, -0.15) is 0 Å². The number of carbonyl (C=O) groups is 1. The van der Waals surface area contributed by atoms with Crippen molar-refractivity contribution in [3.05, 3.63) is 33.9 Å². The third-order valence-corrected chi connectivity index (χ3v) is 3.29. The number of benzene rings is 1. The van der Waals surface area contributed by atoms with Crippen LogP contribution in [0.25, 0.3) is 0 Å². The van der Waals surface area contributed by atoms with Crippen LogP contribution in [0, 0.1) is 10.1 Å². The minimum Gasteiger partial charge on any atom is -0.398 e. The average Bonchev–Trinajstić information content (AvgIpc) is 2.39. The molecule has 0 radical (unpaired) electrons. The van der Waals surface area contributed by atoms with Crippen LogP contribution < -0.4 is 5.73 Å². The number of rotatable bonds is 5. The van der Waals surface area contributed by atoms with Gasteiger partial charge in [-0.1, -0.05) is 13.8 Å². The number of nitrogens with zero attached hydrogens (tertiary/aromatic N) is 2. The van der Waals surface area contributed by atoms with Crippen LogP contribution in [-0.2, 0) is 0 Å². The van der Waals surface area contributed by atoms with E-state index in [2.05, 4.69) is 0 Å². The minimum atomic E-state index is -0.534. The Labute approximate surface area is 112 Å². The molecule has 0 atom stereocenters. The first-order valence-corrected chi connectivity index (χ1v) is 6.23. The number of carbonyl (C=O) groups excluding carboxylic acids is 1. The maximum Gasteiger partial charge on any atom is 0.270 e. The molecule has 0 spiro atoms. The molecule has 0 saturated heterocycles. The van der Waals surface area contributed by atoms with E-state index in [0.29, 0.717) is 0 Å². The molecule has 104 valence electrons. The van der Waals surface area contributed by atoms with Crippen LogP contribution in [-0.4, -0.2) is 28.8 Å². The predicted octanol–water partition coefficient (Wildman–Crippen LogP) is 2.44. The van der Waals surface area contributed by atoms with E-state index in [1.165, 1.54) is 18.2 Å². The summed E-state index contributed by atoms with van der Waals surface area (Å²) < 4.78 is 0. The van der Waals surface area contributed by atoms with Gasteiger partial charge in [0, 0.05) is 30.9 Å². The minimum absolute atomic E-state index is 0.103. The van der Waals surface area contributed by atoms with Crippen molar-refractivity contribution in [1.29, 1.82) is 0 Å². The molecule has 2 N–H and O–H groups in total. The van der Waals surface area contributed by atoms with Gasteiger partial charge < -0.3 is 10.6 Å². The van der Waals surface area contributed by atoms with Crippen molar-refractivity contribution in [2.45, 2.75) is 32.7 Å². The second kappa shape index (κ2) is 6.17. The van der Waals surface area contributed by atoms with E-state index in [0.717, 1.165) is 12.8 Å². The molecule has 6 nitrogen and oxygen atoms in total. The number of anilines is 1. The van der Waals surface area contributed by atoms with Gasteiger partial charge >= 0.3 is 0 Å². The Morgan fingerprint density at radius 3 is 2.47 bits per heavy atom. The second-order valence-corrected chi connectivity index (χ2v) is 4.42. The van der Waals surface area contributed by atoms with E-state index in [9.17, 15) is 14.9 Å². The summed E-state index contributed by atoms with van der Waals surface area (Å²) >= 11 is 0. The zero-order valence-corrected chi connectivity index (χ0v) is 11.4. The van der Waals surface area contributed by atoms with Gasteiger partial charge in [0.1, 0.15) is 0 Å². The SMILES string of the molecule is CCC(CC)N(C)C(=O)c1cc([N+](=O)[O-])ccc1N. The maximum atomic E-state index is 12.3. The number of nitrogens with two attached hydrogens (primary N) is 1. The molecular weight excluding hydrogens is 246 g/mol. The predicted molar refractivity (Wildman–Crippen MR) is 74.0 cm³/mol. The lowest BCUT2D eigenvalue weighted by Gasteiger charge is -2.26. The summed E-state index contributed by atoms with van der Waals surface area (Å²) in [6.07, 6.45) is 1.65. The van der Waals surface area contributed by atoms with E-state index >= 15 is 0 Å². The monoisotopic (exact) mass is 265 g/mol. The molecule has 0 aliphatic carbocycles. The average molecular weight is 265 g/mol. The standard InChI is InChI=1S/C13H19N3O3/c1-4-9(5-2)15(3)13(17)11-8-10(16(18)19)6-7-12(11)14/h6-9H,4-5,14H2,1-3H3. The van der Waals surface area contributed by atoms with Crippen LogP contribution in [0.15, 0.2) is 18.2 Å². The molecule has 0 unspecified atom stereocenters. The lowest BCUT2D eigenvalue weighted by atomic mass is 10.1. The zero-order chi connectivity index (χ0) is 14.6. The largest absolute Gasteiger partial charge is 0.398 e. The highest BCUT2D eigenvalue weighted by Gasteiger charge is 2.22. The van der Waals surface area contributed by atoms with Crippen LogP contribution in [0.1, 0.15) is 37.0 Å². The van der Waals surface area contributed by atoms with E-state index < -0.39 is 4.92 Å². The Morgan fingerprint density at radius 1 is 1.42 bits per heavy atom. The van der Waals surface area contributed by atoms with Crippen molar-refractivity contribution in [3.63, 3.8) is 0 Å². The Morgan fingerprint density at radius 2 is 2.00 bits per heavy atom. The summed E-state index contributed by atoms with van der Waals surface area (Å²) in [4.78, 5) is 24.1. The number of nitro benzene ring substituents is 1. The van der Waals surface area contributed by atoms with E-state index in [4.69, 9.17) is 5.73 Å². The van der Waals surface area contributed by atoms with E-state index in [1.54, 1.807) is 11.9 Å². The van der Waals surface area contributed by atoms with Gasteiger partial charge in [-0.05, 0) is 18.9 Å². The number of hydrogen-bond donors (Lipinski definition) is 1. The van der Waals surface area contributed by atoms with E-state index in [1.807, 2.05) is 13.8 Å². The number of amides is 1. The summed E-state index contributed by atoms with van der Waals surface area (Å²) in [5, 5.41) is 10.7. The van der Waals surface area contributed by atoms with Gasteiger partial charge in [0.25, 0.3) is 11.6 Å². The maximum absolute atomic E-state index is 12.3. The van der Waals surface area contributed by atoms with Crippen molar-refractivity contribution in [2.24, 2.45) is 0 Å². The summed E-state index contributed by atoms with van der Waals surface area (Å²) in [5.41, 5.74) is 6.05. The van der Waals surface area contributed by atoms with Crippen molar-refractivity contribution in [1.82, 2.24) is 4.90 Å². The Balaban J connectivity index is 3.11. The van der Waals surface area contributed by atoms with E-state index in [-0.39, 0.29) is 28.9 Å². The summed E-state index contributed by atoms with van der Waals surface area (Å²) in [6.45, 7) is 3.99. The summed E-state index contributed by atoms with van der Waals surface area (Å²) in [6, 6.07) is 4.03. The molecule has 0 saturated carbocycles. The highest BCUT2D eigenvalue weighted by molar-refractivity contribution is 5.99. The van der Waals surface area contributed by atoms with Crippen LogP contribution in [0.4, 0.5) is 11.4 Å². The lowest BCUT2D eigenvalue weighted by Crippen LogP contribution is -2.36. The van der Waals surface area contributed by atoms with Crippen molar-refractivity contribution < 1.29 is 9.72 Å². The molecule has 0 heterocycles. The van der Waals surface area contributed by atoms with Crippen LogP contribution in [0.2, 0.25) is 0 Å². The summed E-state index contributed by atoms with van der Waals surface area (Å²) in [5.74, 6) is -0.282. The fourth-order valence-electron chi connectivity index (χ4n) is 2.04. The fraction of sp³-hybridized carbons (Fsp3) is 0.462. The quantitative estimate of drug-likeness (QED) is 0.503. The molecule has 0 aliphatic heterocycles. The van der Waals surface area contributed by atoms with Gasteiger partial charge in [-0.3, -0.25) is 14.9 Å². The molecule has 1 aromatic rings. The molecule has 0 aliphatic rings. The topological polar surface area (TPSA) is 89.5 Å². The van der Waals surface area contributed by atoms with Crippen LogP contribution in [0.3, 0.4) is 0 Å². The van der Waals surface area contributed by atoms with Crippen LogP contribution in [0.5, 0.6) is 0 Å². The van der Waals surface area contributed by atoms with Gasteiger partial charge in [0.2, 0.25) is 0 Å². The first-order valence-electron chi connectivity index (χ1n) is 6.23. The lowest BCUT2D eigenvalue weighted by molar-refractivity contribution is -0.384. The van der Waals surface area contributed by atoms with Crippen LogP contribution >= 0.6 is 0 Å². The number of non-ortho nitro benzene ring substituents is 1. The molecule has 0 aromatic heterocycles. The van der Waals surface area contributed by atoms with Crippen molar-refractivity contribution >= 4 is 17.3 Å². The van der Waals surface area contributed by atoms with Crippen molar-refractivity contribution in [3.8, 4) is 0 Å². The Kier molecular flexibility index (Phi) is 4.86. The Bertz CT molecular complexity index is 484. The normalized spacial score (nSPS) is 10.5. The summed E-state index contributed by atoms with van der Waals surface area (Å²) in [7, 11) is 1.69. The van der Waals surface area contributed by atoms with Gasteiger partial charge in [-0.15, -0.1) is 0 Å². The van der Waals surface area contributed by atoms with Gasteiger partial charge in [0.15, 0.2) is 0 Å². The fourth-order valence-corrected chi connectivity index (χ4v) is 2.04. The van der Waals surface area contributed by atoms with Gasteiger partial charge in [0.05, 0.1) is 10.5 Å². The first-order chi connectivity index (χ1) is 8.92. The third kappa shape index (κ3) is 3.21. The molecule has 1 amide bonds. The second-order valence-electron chi connectivity index (χ2n) is 4.42. The zero-order valence-electron chi connectivity index (χ0n) is 11.4. The molecule has 0 bridgehead atoms. The molecule has 6 heteroatoms. The highest BCUT2D eigenvalue weighted by atomic mass is 16.6. The number of hydrogen-bond acceptors (Lipinski definition) is 4. The molecule has 1 rings (SSSR count).